The molecule has 0 radical (unpaired) electrons. The largest absolute Gasteiger partial charge is 0.418 e. The number of amides is 1. The number of benzene rings is 2. The smallest absolute Gasteiger partial charge is 0.325 e. The molecular weight excluding hydrogens is 507 g/mol. The molecule has 4 aromatic rings. The van der Waals surface area contributed by atoms with Crippen molar-refractivity contribution in [3.63, 3.8) is 0 Å². The SMILES string of the molecule is Cc1ccc(-n2c(SCC(=O)Nc3ccccc3C(F)(F)F)nc3sc4c(c3c2=O)CCCC4)cc1. The van der Waals surface area contributed by atoms with E-state index in [0.717, 1.165) is 54.6 Å². The minimum atomic E-state index is -4.59. The van der Waals surface area contributed by atoms with Gasteiger partial charge in [0.25, 0.3) is 5.56 Å². The van der Waals surface area contributed by atoms with Crippen LogP contribution in [0.1, 0.15) is 34.4 Å². The number of para-hydroxylation sites is 1. The molecule has 36 heavy (non-hydrogen) atoms. The van der Waals surface area contributed by atoms with E-state index in [2.05, 4.69) is 5.32 Å². The van der Waals surface area contributed by atoms with Crippen molar-refractivity contribution in [2.24, 2.45) is 0 Å². The molecule has 1 aliphatic rings. The maximum Gasteiger partial charge on any atom is 0.418 e. The number of fused-ring (bicyclic) bond motifs is 3. The minimum Gasteiger partial charge on any atom is -0.325 e. The number of aryl methyl sites for hydroxylation is 3. The fourth-order valence-electron chi connectivity index (χ4n) is 4.36. The van der Waals surface area contributed by atoms with Gasteiger partial charge in [0.1, 0.15) is 4.83 Å². The van der Waals surface area contributed by atoms with Gasteiger partial charge in [0.05, 0.1) is 28.1 Å². The van der Waals surface area contributed by atoms with E-state index in [1.807, 2.05) is 31.2 Å². The molecule has 10 heteroatoms. The van der Waals surface area contributed by atoms with Crippen molar-refractivity contribution in [1.82, 2.24) is 9.55 Å². The fraction of sp³-hybridized carbons (Fsp3) is 0.269. The first-order chi connectivity index (χ1) is 17.2. The Balaban J connectivity index is 1.50. The first-order valence-corrected chi connectivity index (χ1v) is 13.3. The quantitative estimate of drug-likeness (QED) is 0.241. The molecule has 2 heterocycles. The highest BCUT2D eigenvalue weighted by Gasteiger charge is 2.33. The molecule has 0 saturated carbocycles. The van der Waals surface area contributed by atoms with Crippen molar-refractivity contribution in [2.45, 2.75) is 43.9 Å². The molecular formula is C26H22F3N3O2S2. The second-order valence-corrected chi connectivity index (χ2v) is 10.7. The summed E-state index contributed by atoms with van der Waals surface area (Å²) in [5, 5.41) is 3.31. The van der Waals surface area contributed by atoms with E-state index in [1.165, 1.54) is 39.0 Å². The number of aromatic nitrogens is 2. The van der Waals surface area contributed by atoms with Crippen LogP contribution in [0.2, 0.25) is 0 Å². The second kappa shape index (κ2) is 9.74. The molecule has 2 aromatic heterocycles. The van der Waals surface area contributed by atoms with Gasteiger partial charge in [0, 0.05) is 4.88 Å². The number of hydrogen-bond acceptors (Lipinski definition) is 5. The van der Waals surface area contributed by atoms with Crippen LogP contribution in [0, 0.1) is 6.92 Å². The lowest BCUT2D eigenvalue weighted by molar-refractivity contribution is -0.137. The molecule has 0 atom stereocenters. The van der Waals surface area contributed by atoms with Gasteiger partial charge in [-0.1, -0.05) is 41.6 Å². The van der Waals surface area contributed by atoms with Gasteiger partial charge in [-0.3, -0.25) is 14.2 Å². The van der Waals surface area contributed by atoms with Crippen LogP contribution >= 0.6 is 23.1 Å². The molecule has 1 amide bonds. The van der Waals surface area contributed by atoms with Gasteiger partial charge >= 0.3 is 6.18 Å². The number of nitrogens with one attached hydrogen (secondary N) is 1. The molecule has 0 spiro atoms. The van der Waals surface area contributed by atoms with Gasteiger partial charge in [-0.15, -0.1) is 11.3 Å². The van der Waals surface area contributed by atoms with E-state index in [4.69, 9.17) is 4.98 Å². The van der Waals surface area contributed by atoms with Crippen LogP contribution in [-0.2, 0) is 23.8 Å². The molecule has 0 fully saturated rings. The maximum atomic E-state index is 13.7. The normalized spacial score (nSPS) is 13.6. The van der Waals surface area contributed by atoms with Crippen molar-refractivity contribution in [3.05, 3.63) is 80.5 Å². The number of nitrogens with zero attached hydrogens (tertiary/aromatic N) is 2. The van der Waals surface area contributed by atoms with Gasteiger partial charge in [-0.25, -0.2) is 4.98 Å². The van der Waals surface area contributed by atoms with Crippen LogP contribution in [0.5, 0.6) is 0 Å². The number of carbonyl (C=O) groups is 1. The Kier molecular flexibility index (Phi) is 6.65. The molecule has 1 aliphatic carbocycles. The van der Waals surface area contributed by atoms with Crippen LogP contribution in [0.15, 0.2) is 58.5 Å². The summed E-state index contributed by atoms with van der Waals surface area (Å²) < 4.78 is 41.4. The van der Waals surface area contributed by atoms with Crippen LogP contribution < -0.4 is 10.9 Å². The standard InChI is InChI=1S/C26H22F3N3O2S2/c1-15-10-12-16(13-11-15)32-24(34)22-17-6-2-5-9-20(17)36-23(22)31-25(32)35-14-21(33)30-19-8-4-3-7-18(19)26(27,28)29/h3-4,7-8,10-13H,2,5-6,9,14H2,1H3,(H,30,33). The highest BCUT2D eigenvalue weighted by molar-refractivity contribution is 7.99. The zero-order valence-electron chi connectivity index (χ0n) is 19.3. The molecule has 0 saturated heterocycles. The third-order valence-electron chi connectivity index (χ3n) is 6.09. The van der Waals surface area contributed by atoms with Gasteiger partial charge in [-0.05, 0) is 62.4 Å². The van der Waals surface area contributed by atoms with E-state index in [9.17, 15) is 22.8 Å². The third kappa shape index (κ3) is 4.79. The summed E-state index contributed by atoms with van der Waals surface area (Å²) >= 11 is 2.54. The lowest BCUT2D eigenvalue weighted by atomic mass is 9.97. The topological polar surface area (TPSA) is 64.0 Å². The Labute approximate surface area is 213 Å². The third-order valence-corrected chi connectivity index (χ3v) is 8.21. The van der Waals surface area contributed by atoms with Gasteiger partial charge in [0.2, 0.25) is 5.91 Å². The van der Waals surface area contributed by atoms with E-state index in [-0.39, 0.29) is 17.0 Å². The molecule has 186 valence electrons. The Hall–Kier alpha value is -3.11. The number of thiophene rings is 1. The van der Waals surface area contributed by atoms with Crippen molar-refractivity contribution < 1.29 is 18.0 Å². The van der Waals surface area contributed by atoms with Gasteiger partial charge in [0.15, 0.2) is 5.16 Å². The summed E-state index contributed by atoms with van der Waals surface area (Å²) in [7, 11) is 0. The lowest BCUT2D eigenvalue weighted by Gasteiger charge is -2.15. The lowest BCUT2D eigenvalue weighted by Crippen LogP contribution is -2.23. The minimum absolute atomic E-state index is 0.187. The summed E-state index contributed by atoms with van der Waals surface area (Å²) in [6.45, 7) is 1.95. The number of halogens is 3. The predicted molar refractivity (Wildman–Crippen MR) is 137 cm³/mol. The molecule has 1 N–H and O–H groups in total. The van der Waals surface area contributed by atoms with Crippen LogP contribution in [0.3, 0.4) is 0 Å². The maximum absolute atomic E-state index is 13.7. The number of carbonyl (C=O) groups excluding carboxylic acids is 1. The Morgan fingerprint density at radius 3 is 2.58 bits per heavy atom. The predicted octanol–water partition coefficient (Wildman–Crippen LogP) is 6.38. The van der Waals surface area contributed by atoms with Crippen LogP contribution in [0.4, 0.5) is 18.9 Å². The second-order valence-electron chi connectivity index (χ2n) is 8.64. The zero-order chi connectivity index (χ0) is 25.4. The average Bonchev–Trinajstić information content (AvgIpc) is 3.22. The summed E-state index contributed by atoms with van der Waals surface area (Å²) in [4.78, 5) is 33.0. The van der Waals surface area contributed by atoms with E-state index in [0.29, 0.717) is 21.1 Å². The summed E-state index contributed by atoms with van der Waals surface area (Å²) in [6, 6.07) is 12.3. The van der Waals surface area contributed by atoms with E-state index < -0.39 is 17.6 Å². The van der Waals surface area contributed by atoms with Gasteiger partial charge < -0.3 is 5.32 Å². The number of alkyl halides is 3. The highest BCUT2D eigenvalue weighted by atomic mass is 32.2. The Bertz CT molecular complexity index is 1510. The molecule has 5 rings (SSSR count). The van der Waals surface area contributed by atoms with Crippen molar-refractivity contribution >= 4 is 44.9 Å². The van der Waals surface area contributed by atoms with Crippen molar-refractivity contribution in [2.75, 3.05) is 11.1 Å². The molecule has 0 aliphatic heterocycles. The fourth-order valence-corrected chi connectivity index (χ4v) is 6.48. The average molecular weight is 530 g/mol. The van der Waals surface area contributed by atoms with Crippen molar-refractivity contribution in [3.8, 4) is 5.69 Å². The Morgan fingerprint density at radius 1 is 1.11 bits per heavy atom. The number of anilines is 1. The first-order valence-electron chi connectivity index (χ1n) is 11.5. The summed E-state index contributed by atoms with van der Waals surface area (Å²) in [6.07, 6.45) is -0.725. The number of thioether (sulfide) groups is 1. The molecule has 0 unspecified atom stereocenters. The van der Waals surface area contributed by atoms with Crippen LogP contribution in [-0.4, -0.2) is 21.2 Å². The molecule has 5 nitrogen and oxygen atoms in total. The van der Waals surface area contributed by atoms with Crippen LogP contribution in [0.25, 0.3) is 15.9 Å². The summed E-state index contributed by atoms with van der Waals surface area (Å²) in [5.41, 5.74) is 1.32. The zero-order valence-corrected chi connectivity index (χ0v) is 20.9. The first kappa shape index (κ1) is 24.6. The Morgan fingerprint density at radius 2 is 1.83 bits per heavy atom. The number of hydrogen-bond donors (Lipinski definition) is 1. The monoisotopic (exact) mass is 529 g/mol. The highest BCUT2D eigenvalue weighted by Crippen LogP contribution is 2.36. The van der Waals surface area contributed by atoms with Crippen molar-refractivity contribution in [1.29, 1.82) is 0 Å². The molecule has 0 bridgehead atoms. The number of rotatable bonds is 5. The van der Waals surface area contributed by atoms with E-state index in [1.54, 1.807) is 0 Å². The molecule has 2 aromatic carbocycles. The summed E-state index contributed by atoms with van der Waals surface area (Å²) in [5.74, 6) is -0.826. The van der Waals surface area contributed by atoms with E-state index >= 15 is 0 Å². The van der Waals surface area contributed by atoms with Gasteiger partial charge in [-0.2, -0.15) is 13.2 Å².